The number of carbonyl (C=O) groups is 1. The lowest BCUT2D eigenvalue weighted by Crippen LogP contribution is -2.35. The summed E-state index contributed by atoms with van der Waals surface area (Å²) in [5.41, 5.74) is 3.08. The number of hydrogen-bond donors (Lipinski definition) is 1. The lowest BCUT2D eigenvalue weighted by atomic mass is 10.2. The van der Waals surface area contributed by atoms with E-state index in [1.54, 1.807) is 0 Å². The van der Waals surface area contributed by atoms with Gasteiger partial charge >= 0.3 is 0 Å². The molecular weight excluding hydrogens is 314 g/mol. The number of aryl methyl sites for hydroxylation is 2. The second-order valence-corrected chi connectivity index (χ2v) is 6.24. The van der Waals surface area contributed by atoms with Gasteiger partial charge in [0.05, 0.1) is 23.8 Å². The van der Waals surface area contributed by atoms with Gasteiger partial charge in [0.25, 0.3) is 0 Å². The number of carbonyl (C=O) groups excluding carboxylic acids is 1. The summed E-state index contributed by atoms with van der Waals surface area (Å²) >= 11 is 0. The summed E-state index contributed by atoms with van der Waals surface area (Å²) in [4.78, 5) is 17.5. The van der Waals surface area contributed by atoms with Crippen LogP contribution in [0.15, 0.2) is 36.7 Å². The summed E-state index contributed by atoms with van der Waals surface area (Å²) in [6.07, 6.45) is 5.31. The molecule has 0 saturated carbocycles. The van der Waals surface area contributed by atoms with Crippen LogP contribution in [-0.2, 0) is 17.8 Å². The Morgan fingerprint density at radius 2 is 2.08 bits per heavy atom. The summed E-state index contributed by atoms with van der Waals surface area (Å²) in [5.74, 6) is 0.982. The predicted octanol–water partition coefficient (Wildman–Crippen LogP) is 2.87. The van der Waals surface area contributed by atoms with E-state index in [-0.39, 0.29) is 11.9 Å². The Balaban J connectivity index is 1.76. The second kappa shape index (κ2) is 7.51. The summed E-state index contributed by atoms with van der Waals surface area (Å²) in [7, 11) is 0. The zero-order valence-corrected chi connectivity index (χ0v) is 15.1. The van der Waals surface area contributed by atoms with Crippen LogP contribution < -0.4 is 5.32 Å². The van der Waals surface area contributed by atoms with Crippen LogP contribution in [0.1, 0.15) is 37.7 Å². The molecule has 3 aromatic rings. The van der Waals surface area contributed by atoms with Crippen molar-refractivity contribution in [1.29, 1.82) is 0 Å². The number of fused-ring (bicyclic) bond motifs is 1. The molecule has 2 aromatic heterocycles. The average Bonchev–Trinajstić information content (AvgIpc) is 3.19. The average molecular weight is 339 g/mol. The van der Waals surface area contributed by atoms with E-state index in [1.165, 1.54) is 0 Å². The highest BCUT2D eigenvalue weighted by atomic mass is 16.2. The van der Waals surface area contributed by atoms with Crippen LogP contribution >= 0.6 is 0 Å². The minimum Gasteiger partial charge on any atom is -0.352 e. The van der Waals surface area contributed by atoms with Gasteiger partial charge in [-0.2, -0.15) is 5.10 Å². The van der Waals surface area contributed by atoms with Gasteiger partial charge in [-0.25, -0.2) is 4.98 Å². The zero-order valence-electron chi connectivity index (χ0n) is 15.1. The van der Waals surface area contributed by atoms with Gasteiger partial charge in [-0.15, -0.1) is 0 Å². The largest absolute Gasteiger partial charge is 0.352 e. The van der Waals surface area contributed by atoms with Crippen molar-refractivity contribution < 1.29 is 4.79 Å². The van der Waals surface area contributed by atoms with E-state index in [0.29, 0.717) is 13.1 Å². The van der Waals surface area contributed by atoms with Crippen molar-refractivity contribution in [2.75, 3.05) is 6.54 Å². The van der Waals surface area contributed by atoms with Crippen LogP contribution in [0.3, 0.4) is 0 Å². The first kappa shape index (κ1) is 17.2. The number of benzene rings is 1. The van der Waals surface area contributed by atoms with Crippen LogP contribution in [0.5, 0.6) is 0 Å². The molecule has 0 unspecified atom stereocenters. The molecule has 0 bridgehead atoms. The van der Waals surface area contributed by atoms with Crippen molar-refractivity contribution in [3.8, 4) is 0 Å². The Labute approximate surface area is 147 Å². The number of imidazole rings is 1. The molecule has 1 aromatic carbocycles. The molecule has 6 nitrogen and oxygen atoms in total. The molecule has 3 rings (SSSR count). The number of nitrogens with one attached hydrogen (secondary N) is 1. The van der Waals surface area contributed by atoms with E-state index < -0.39 is 0 Å². The topological polar surface area (TPSA) is 64.7 Å². The third kappa shape index (κ3) is 3.57. The SMILES string of the molecule is CCc1nc2ccccc2n1[C@H](CC)C(=O)NCCn1cc(C)cn1. The van der Waals surface area contributed by atoms with Gasteiger partial charge in [0, 0.05) is 19.2 Å². The third-order valence-electron chi connectivity index (χ3n) is 4.39. The number of rotatable bonds is 7. The third-order valence-corrected chi connectivity index (χ3v) is 4.39. The molecule has 0 aliphatic carbocycles. The molecule has 1 N–H and O–H groups in total. The summed E-state index contributed by atoms with van der Waals surface area (Å²) in [6.45, 7) is 7.34. The first-order valence-corrected chi connectivity index (χ1v) is 8.86. The van der Waals surface area contributed by atoms with Crippen LogP contribution in [0.25, 0.3) is 11.0 Å². The van der Waals surface area contributed by atoms with E-state index in [4.69, 9.17) is 0 Å². The molecule has 0 spiro atoms. The highest BCUT2D eigenvalue weighted by Gasteiger charge is 2.23. The van der Waals surface area contributed by atoms with Crippen molar-refractivity contribution >= 4 is 16.9 Å². The molecule has 0 aliphatic heterocycles. The summed E-state index contributed by atoms with van der Waals surface area (Å²) in [5, 5.41) is 7.29. The summed E-state index contributed by atoms with van der Waals surface area (Å²) < 4.78 is 3.93. The van der Waals surface area contributed by atoms with Crippen LogP contribution in [-0.4, -0.2) is 31.8 Å². The lowest BCUT2D eigenvalue weighted by molar-refractivity contribution is -0.124. The van der Waals surface area contributed by atoms with Gasteiger partial charge < -0.3 is 9.88 Å². The minimum absolute atomic E-state index is 0.0317. The first-order chi connectivity index (χ1) is 12.1. The number of hydrogen-bond acceptors (Lipinski definition) is 3. The highest BCUT2D eigenvalue weighted by molar-refractivity contribution is 5.84. The Kier molecular flexibility index (Phi) is 5.16. The molecule has 132 valence electrons. The first-order valence-electron chi connectivity index (χ1n) is 8.86. The number of nitrogens with zero attached hydrogens (tertiary/aromatic N) is 4. The molecule has 0 radical (unpaired) electrons. The van der Waals surface area contributed by atoms with Crippen molar-refractivity contribution in [2.24, 2.45) is 0 Å². The van der Waals surface area contributed by atoms with E-state index in [0.717, 1.165) is 35.3 Å². The fraction of sp³-hybridized carbons (Fsp3) is 0.421. The molecule has 25 heavy (non-hydrogen) atoms. The van der Waals surface area contributed by atoms with E-state index in [2.05, 4.69) is 26.9 Å². The molecule has 0 saturated heterocycles. The molecule has 2 heterocycles. The van der Waals surface area contributed by atoms with Crippen LogP contribution in [0, 0.1) is 6.92 Å². The fourth-order valence-corrected chi connectivity index (χ4v) is 3.18. The Bertz CT molecular complexity index is 864. The molecule has 1 atom stereocenters. The Morgan fingerprint density at radius 1 is 1.28 bits per heavy atom. The quantitative estimate of drug-likeness (QED) is 0.720. The molecule has 0 aliphatic rings. The monoisotopic (exact) mass is 339 g/mol. The molecular formula is C19H25N5O. The predicted molar refractivity (Wildman–Crippen MR) is 98.4 cm³/mol. The Hall–Kier alpha value is -2.63. The van der Waals surface area contributed by atoms with Gasteiger partial charge in [0.1, 0.15) is 11.9 Å². The van der Waals surface area contributed by atoms with Crippen LogP contribution in [0.4, 0.5) is 0 Å². The van der Waals surface area contributed by atoms with Gasteiger partial charge in [-0.3, -0.25) is 9.48 Å². The second-order valence-electron chi connectivity index (χ2n) is 6.24. The maximum atomic E-state index is 12.8. The molecule has 1 amide bonds. The maximum absolute atomic E-state index is 12.8. The van der Waals surface area contributed by atoms with E-state index >= 15 is 0 Å². The standard InChI is InChI=1S/C19H25N5O/c1-4-16(19(25)20-10-11-23-13-14(3)12-21-23)24-17-9-7-6-8-15(17)22-18(24)5-2/h6-9,12-13,16H,4-5,10-11H2,1-3H3,(H,20,25)/t16-/m1/s1. The van der Waals surface area contributed by atoms with Gasteiger partial charge in [-0.1, -0.05) is 26.0 Å². The fourth-order valence-electron chi connectivity index (χ4n) is 3.18. The van der Waals surface area contributed by atoms with Crippen LogP contribution in [0.2, 0.25) is 0 Å². The van der Waals surface area contributed by atoms with Crippen molar-refractivity contribution in [3.05, 3.63) is 48.0 Å². The van der Waals surface area contributed by atoms with Gasteiger partial charge in [0.15, 0.2) is 0 Å². The minimum atomic E-state index is -0.248. The number of aromatic nitrogens is 4. The smallest absolute Gasteiger partial charge is 0.243 e. The number of amides is 1. The number of para-hydroxylation sites is 2. The van der Waals surface area contributed by atoms with Crippen molar-refractivity contribution in [2.45, 2.75) is 46.2 Å². The molecule has 6 heteroatoms. The zero-order chi connectivity index (χ0) is 17.8. The maximum Gasteiger partial charge on any atom is 0.243 e. The van der Waals surface area contributed by atoms with Crippen molar-refractivity contribution in [3.63, 3.8) is 0 Å². The van der Waals surface area contributed by atoms with Gasteiger partial charge in [-0.05, 0) is 31.0 Å². The van der Waals surface area contributed by atoms with E-state index in [1.807, 2.05) is 55.2 Å². The van der Waals surface area contributed by atoms with Gasteiger partial charge in [0.2, 0.25) is 5.91 Å². The normalized spacial score (nSPS) is 12.4. The molecule has 0 fully saturated rings. The van der Waals surface area contributed by atoms with Crippen molar-refractivity contribution in [1.82, 2.24) is 24.6 Å². The Morgan fingerprint density at radius 3 is 2.76 bits per heavy atom. The lowest BCUT2D eigenvalue weighted by Gasteiger charge is -2.20. The van der Waals surface area contributed by atoms with E-state index in [9.17, 15) is 4.79 Å². The highest BCUT2D eigenvalue weighted by Crippen LogP contribution is 2.23. The summed E-state index contributed by atoms with van der Waals surface area (Å²) in [6, 6.07) is 7.75.